The van der Waals surface area contributed by atoms with Gasteiger partial charge in [-0.05, 0) is 42.9 Å². The lowest BCUT2D eigenvalue weighted by molar-refractivity contribution is 0.0926. The van der Waals surface area contributed by atoms with Crippen LogP contribution in [0.2, 0.25) is 5.02 Å². The molecule has 0 bridgehead atoms. The van der Waals surface area contributed by atoms with Crippen LogP contribution in [0.15, 0.2) is 22.7 Å². The van der Waals surface area contributed by atoms with E-state index in [-0.39, 0.29) is 11.9 Å². The quantitative estimate of drug-likeness (QED) is 0.849. The van der Waals surface area contributed by atoms with E-state index >= 15 is 0 Å². The van der Waals surface area contributed by atoms with Crippen molar-refractivity contribution in [1.82, 2.24) is 5.32 Å². The van der Waals surface area contributed by atoms with Crippen LogP contribution in [-0.2, 0) is 0 Å². The summed E-state index contributed by atoms with van der Waals surface area (Å²) < 4.78 is 0.830. The lowest BCUT2D eigenvalue weighted by Crippen LogP contribution is -2.37. The molecule has 1 fully saturated rings. The number of amides is 1. The van der Waals surface area contributed by atoms with Crippen LogP contribution in [0.4, 0.5) is 0 Å². The molecule has 4 heteroatoms. The molecular weight excluding hydrogens is 326 g/mol. The number of halogens is 2. The summed E-state index contributed by atoms with van der Waals surface area (Å²) in [4.78, 5) is 12.3. The number of hydrogen-bond acceptors (Lipinski definition) is 1. The van der Waals surface area contributed by atoms with Gasteiger partial charge in [-0.15, -0.1) is 0 Å². The fourth-order valence-electron chi connectivity index (χ4n) is 2.96. The smallest absolute Gasteiger partial charge is 0.251 e. The van der Waals surface area contributed by atoms with Gasteiger partial charge in [0.25, 0.3) is 5.91 Å². The van der Waals surface area contributed by atoms with Crippen molar-refractivity contribution in [3.63, 3.8) is 0 Å². The normalized spacial score (nSPS) is 26.4. The first-order chi connectivity index (χ1) is 9.01. The van der Waals surface area contributed by atoms with Gasteiger partial charge in [-0.3, -0.25) is 4.79 Å². The Morgan fingerprint density at radius 3 is 2.74 bits per heavy atom. The van der Waals surface area contributed by atoms with E-state index in [0.29, 0.717) is 16.5 Å². The van der Waals surface area contributed by atoms with Crippen molar-refractivity contribution >= 4 is 33.4 Å². The maximum Gasteiger partial charge on any atom is 0.251 e. The maximum atomic E-state index is 12.3. The van der Waals surface area contributed by atoms with E-state index in [2.05, 4.69) is 35.1 Å². The van der Waals surface area contributed by atoms with Gasteiger partial charge in [-0.1, -0.05) is 47.8 Å². The molecule has 1 aliphatic rings. The molecule has 0 aromatic heterocycles. The van der Waals surface area contributed by atoms with Gasteiger partial charge in [0.1, 0.15) is 0 Å². The fourth-order valence-corrected chi connectivity index (χ4v) is 3.82. The first-order valence-corrected chi connectivity index (χ1v) is 7.95. The summed E-state index contributed by atoms with van der Waals surface area (Å²) in [6.45, 7) is 4.46. The third kappa shape index (κ3) is 3.51. The number of benzene rings is 1. The third-order valence-corrected chi connectivity index (χ3v) is 4.87. The molecule has 0 aliphatic heterocycles. The predicted molar refractivity (Wildman–Crippen MR) is 82.6 cm³/mol. The standard InChI is InChI=1S/C15H19BrClNO/c1-3-10-4-5-14(9(10)2)18-15(19)11-6-12(16)8-13(17)7-11/h6-10,14H,3-5H2,1-2H3,(H,18,19). The first kappa shape index (κ1) is 14.9. The van der Waals surface area contributed by atoms with Gasteiger partial charge < -0.3 is 5.32 Å². The molecule has 0 saturated heterocycles. The van der Waals surface area contributed by atoms with E-state index in [1.807, 2.05) is 0 Å². The second kappa shape index (κ2) is 6.27. The minimum atomic E-state index is -0.0307. The molecule has 2 rings (SSSR count). The lowest BCUT2D eigenvalue weighted by Gasteiger charge is -2.21. The SMILES string of the molecule is CCC1CCC(NC(=O)c2cc(Cl)cc(Br)c2)C1C. The summed E-state index contributed by atoms with van der Waals surface area (Å²) in [5, 5.41) is 3.72. The van der Waals surface area contributed by atoms with Crippen LogP contribution in [0.5, 0.6) is 0 Å². The predicted octanol–water partition coefficient (Wildman–Crippen LogP) is 4.66. The topological polar surface area (TPSA) is 29.1 Å². The highest BCUT2D eigenvalue weighted by Crippen LogP contribution is 2.34. The summed E-state index contributed by atoms with van der Waals surface area (Å²) in [5.41, 5.74) is 0.617. The Morgan fingerprint density at radius 2 is 2.16 bits per heavy atom. The zero-order valence-corrected chi connectivity index (χ0v) is 13.6. The van der Waals surface area contributed by atoms with Gasteiger partial charge >= 0.3 is 0 Å². The molecule has 104 valence electrons. The molecule has 1 saturated carbocycles. The average Bonchev–Trinajstić information content (AvgIpc) is 2.69. The zero-order chi connectivity index (χ0) is 14.0. The van der Waals surface area contributed by atoms with Crippen LogP contribution in [0.3, 0.4) is 0 Å². The Morgan fingerprint density at radius 1 is 1.42 bits per heavy atom. The Balaban J connectivity index is 2.05. The first-order valence-electron chi connectivity index (χ1n) is 6.78. The van der Waals surface area contributed by atoms with Crippen molar-refractivity contribution in [2.45, 2.75) is 39.2 Å². The Kier molecular flexibility index (Phi) is 4.91. The van der Waals surface area contributed by atoms with E-state index in [1.165, 1.54) is 12.8 Å². The van der Waals surface area contributed by atoms with Crippen LogP contribution in [0.25, 0.3) is 0 Å². The van der Waals surface area contributed by atoms with E-state index in [9.17, 15) is 4.79 Å². The molecule has 1 N–H and O–H groups in total. The molecule has 0 radical (unpaired) electrons. The van der Waals surface area contributed by atoms with Gasteiger partial charge in [-0.2, -0.15) is 0 Å². The van der Waals surface area contributed by atoms with E-state index in [4.69, 9.17) is 11.6 Å². The van der Waals surface area contributed by atoms with Crippen molar-refractivity contribution in [2.24, 2.45) is 11.8 Å². The number of carbonyl (C=O) groups excluding carboxylic acids is 1. The Bertz CT molecular complexity index is 457. The van der Waals surface area contributed by atoms with Gasteiger partial charge in [0.05, 0.1) is 0 Å². The van der Waals surface area contributed by atoms with Crippen molar-refractivity contribution in [2.75, 3.05) is 0 Å². The molecule has 1 aromatic carbocycles. The van der Waals surface area contributed by atoms with Crippen LogP contribution in [0.1, 0.15) is 43.5 Å². The molecule has 3 atom stereocenters. The number of carbonyl (C=O) groups is 1. The third-order valence-electron chi connectivity index (χ3n) is 4.19. The minimum Gasteiger partial charge on any atom is -0.349 e. The molecular formula is C15H19BrClNO. The van der Waals surface area contributed by atoms with Gasteiger partial charge in [0.2, 0.25) is 0 Å². The zero-order valence-electron chi connectivity index (χ0n) is 11.2. The Hall–Kier alpha value is -0.540. The largest absolute Gasteiger partial charge is 0.349 e. The molecule has 0 heterocycles. The number of hydrogen-bond donors (Lipinski definition) is 1. The molecule has 3 unspecified atom stereocenters. The summed E-state index contributed by atoms with van der Waals surface area (Å²) >= 11 is 9.34. The molecule has 1 amide bonds. The number of nitrogens with one attached hydrogen (secondary N) is 1. The molecule has 0 spiro atoms. The summed E-state index contributed by atoms with van der Waals surface area (Å²) in [5.74, 6) is 1.25. The van der Waals surface area contributed by atoms with Gasteiger partial charge in [-0.25, -0.2) is 0 Å². The molecule has 2 nitrogen and oxygen atoms in total. The summed E-state index contributed by atoms with van der Waals surface area (Å²) in [6.07, 6.45) is 3.48. The molecule has 1 aliphatic carbocycles. The van der Waals surface area contributed by atoms with Crippen molar-refractivity contribution in [1.29, 1.82) is 0 Å². The second-order valence-electron chi connectivity index (χ2n) is 5.34. The lowest BCUT2D eigenvalue weighted by atomic mass is 9.93. The van der Waals surface area contributed by atoms with E-state index < -0.39 is 0 Å². The van der Waals surface area contributed by atoms with Gasteiger partial charge in [0.15, 0.2) is 0 Å². The molecule has 19 heavy (non-hydrogen) atoms. The van der Waals surface area contributed by atoms with Crippen LogP contribution < -0.4 is 5.32 Å². The summed E-state index contributed by atoms with van der Waals surface area (Å²) in [7, 11) is 0. The van der Waals surface area contributed by atoms with Crippen LogP contribution in [-0.4, -0.2) is 11.9 Å². The highest BCUT2D eigenvalue weighted by atomic mass is 79.9. The number of rotatable bonds is 3. The van der Waals surface area contributed by atoms with E-state index in [0.717, 1.165) is 16.8 Å². The van der Waals surface area contributed by atoms with Gasteiger partial charge in [0, 0.05) is 21.1 Å². The van der Waals surface area contributed by atoms with E-state index in [1.54, 1.807) is 18.2 Å². The fraction of sp³-hybridized carbons (Fsp3) is 0.533. The maximum absolute atomic E-state index is 12.3. The molecule has 1 aromatic rings. The van der Waals surface area contributed by atoms with Crippen LogP contribution in [0, 0.1) is 11.8 Å². The minimum absolute atomic E-state index is 0.0307. The average molecular weight is 345 g/mol. The second-order valence-corrected chi connectivity index (χ2v) is 6.69. The monoisotopic (exact) mass is 343 g/mol. The van der Waals surface area contributed by atoms with Crippen molar-refractivity contribution in [3.8, 4) is 0 Å². The Labute approximate surface area is 128 Å². The van der Waals surface area contributed by atoms with Crippen LogP contribution >= 0.6 is 27.5 Å². The summed E-state index contributed by atoms with van der Waals surface area (Å²) in [6, 6.07) is 5.58. The van der Waals surface area contributed by atoms with Crippen molar-refractivity contribution < 1.29 is 4.79 Å². The van der Waals surface area contributed by atoms with Crippen molar-refractivity contribution in [3.05, 3.63) is 33.3 Å². The highest BCUT2D eigenvalue weighted by molar-refractivity contribution is 9.10. The highest BCUT2D eigenvalue weighted by Gasteiger charge is 2.32.